The minimum Gasteiger partial charge on any atom is -0.480 e. The summed E-state index contributed by atoms with van der Waals surface area (Å²) in [7, 11) is 2.83. The van der Waals surface area contributed by atoms with E-state index in [1.807, 2.05) is 0 Å². The van der Waals surface area contributed by atoms with Crippen LogP contribution < -0.4 is 11.1 Å². The van der Waals surface area contributed by atoms with Gasteiger partial charge < -0.3 is 20.9 Å². The van der Waals surface area contributed by atoms with Crippen LogP contribution in [0.4, 0.5) is 4.79 Å². The molecule has 0 spiro atoms. The quantitative estimate of drug-likeness (QED) is 0.523. The molecule has 0 aromatic heterocycles. The summed E-state index contributed by atoms with van der Waals surface area (Å²) in [5.41, 5.74) is 4.43. The number of ether oxygens (including phenoxy) is 1. The molecule has 0 heterocycles. The Morgan fingerprint density at radius 2 is 1.92 bits per heavy atom. The fraction of sp³-hybridized carbons (Fsp3) is 0.667. The number of nitrogens with one attached hydrogen (secondary N) is 1. The topological polar surface area (TPSA) is 102 Å². The van der Waals surface area contributed by atoms with Crippen molar-refractivity contribution in [2.45, 2.75) is 13.0 Å². The van der Waals surface area contributed by atoms with E-state index in [4.69, 9.17) is 5.11 Å². The van der Waals surface area contributed by atoms with Gasteiger partial charge in [0.2, 0.25) is 0 Å². The van der Waals surface area contributed by atoms with E-state index in [0.29, 0.717) is 0 Å². The summed E-state index contributed by atoms with van der Waals surface area (Å²) in [5.74, 6) is -0.817. The van der Waals surface area contributed by atoms with Gasteiger partial charge in [-0.2, -0.15) is 0 Å². The number of hydrogen-bond donors (Lipinski definition) is 3. The van der Waals surface area contributed by atoms with Gasteiger partial charge in [0, 0.05) is 0 Å². The van der Waals surface area contributed by atoms with E-state index in [1.165, 1.54) is 7.11 Å². The van der Waals surface area contributed by atoms with Crippen molar-refractivity contribution in [1.29, 1.82) is 0 Å². The Morgan fingerprint density at radius 3 is 1.92 bits per heavy atom. The molecule has 0 unspecified atom stereocenters. The first kappa shape index (κ1) is 13.3. The number of amides is 1. The highest BCUT2D eigenvalue weighted by molar-refractivity contribution is 5.72. The summed E-state index contributed by atoms with van der Waals surface area (Å²) in [5, 5.41) is 10.7. The maximum atomic E-state index is 9.87. The molecule has 6 heteroatoms. The molecule has 0 bridgehead atoms. The fourth-order valence-corrected chi connectivity index (χ4v) is 0.123. The number of carbonyl (C=O) groups is 2. The maximum absolute atomic E-state index is 9.87. The molecule has 0 aliphatic heterocycles. The van der Waals surface area contributed by atoms with Gasteiger partial charge in [0.05, 0.1) is 7.11 Å². The lowest BCUT2D eigenvalue weighted by Gasteiger charge is -1.99. The van der Waals surface area contributed by atoms with Gasteiger partial charge in [-0.25, -0.2) is 4.79 Å². The van der Waals surface area contributed by atoms with Crippen LogP contribution in [0, 0.1) is 0 Å². The number of primary amides is 1. The number of carboxylic acid groups (broad SMARTS) is 1. The summed E-state index contributed by atoms with van der Waals surface area (Å²) in [6, 6.07) is -0.431. The van der Waals surface area contributed by atoms with E-state index in [1.54, 1.807) is 14.0 Å². The Morgan fingerprint density at radius 1 is 1.58 bits per heavy atom. The van der Waals surface area contributed by atoms with Crippen molar-refractivity contribution in [3.05, 3.63) is 0 Å². The molecule has 0 radical (unpaired) electrons. The maximum Gasteiger partial charge on any atom is 0.404 e. The van der Waals surface area contributed by atoms with Crippen LogP contribution in [0.15, 0.2) is 0 Å². The molecule has 6 nitrogen and oxygen atoms in total. The summed E-state index contributed by atoms with van der Waals surface area (Å²) in [6.07, 6.45) is -0.745. The van der Waals surface area contributed by atoms with Crippen LogP contribution in [0.1, 0.15) is 6.92 Å². The van der Waals surface area contributed by atoms with Gasteiger partial charge in [0.1, 0.15) is 6.04 Å². The zero-order chi connectivity index (χ0) is 10.1. The SMILES string of the molecule is CN[C@@H](C)C(=O)O.COC(N)=O. The lowest BCUT2D eigenvalue weighted by atomic mass is 10.4. The standard InChI is InChI=1S/C4H9NO2.C2H5NO2/c1-3(5-2)4(6)7;1-5-2(3)4/h3,5H,1-2H3,(H,6,7);1H3,(H2,3,4)/t3-;/m0./s1. The minimum atomic E-state index is -0.817. The lowest BCUT2D eigenvalue weighted by Crippen LogP contribution is -2.29. The Kier molecular flexibility index (Phi) is 8.65. The molecule has 0 fully saturated rings. The van der Waals surface area contributed by atoms with Crippen LogP contribution in [0.3, 0.4) is 0 Å². The third-order valence-electron chi connectivity index (χ3n) is 1.00. The van der Waals surface area contributed by atoms with Crippen molar-refractivity contribution >= 4 is 12.1 Å². The smallest absolute Gasteiger partial charge is 0.404 e. The predicted octanol–water partition coefficient (Wildman–Crippen LogP) is -0.610. The largest absolute Gasteiger partial charge is 0.480 e. The molecule has 0 aliphatic rings. The number of rotatable bonds is 2. The minimum absolute atomic E-state index is 0.431. The summed E-state index contributed by atoms with van der Waals surface area (Å²) >= 11 is 0. The molecular weight excluding hydrogens is 164 g/mol. The van der Waals surface area contributed by atoms with E-state index < -0.39 is 18.1 Å². The van der Waals surface area contributed by atoms with E-state index >= 15 is 0 Å². The van der Waals surface area contributed by atoms with Crippen LogP contribution in [0.25, 0.3) is 0 Å². The van der Waals surface area contributed by atoms with Crippen molar-refractivity contribution < 1.29 is 19.4 Å². The summed E-state index contributed by atoms with van der Waals surface area (Å²) < 4.78 is 3.89. The van der Waals surface area contributed by atoms with Crippen molar-refractivity contribution in [3.8, 4) is 0 Å². The lowest BCUT2D eigenvalue weighted by molar-refractivity contribution is -0.138. The number of carbonyl (C=O) groups excluding carboxylic acids is 1. The molecule has 0 saturated carbocycles. The first-order valence-corrected chi connectivity index (χ1v) is 3.19. The van der Waals surface area contributed by atoms with Crippen LogP contribution >= 0.6 is 0 Å². The van der Waals surface area contributed by atoms with Crippen molar-refractivity contribution in [3.63, 3.8) is 0 Å². The van der Waals surface area contributed by atoms with Gasteiger partial charge in [-0.1, -0.05) is 0 Å². The Balaban J connectivity index is 0. The summed E-state index contributed by atoms with van der Waals surface area (Å²) in [6.45, 7) is 1.59. The number of likely N-dealkylation sites (N-methyl/N-ethyl adjacent to an activating group) is 1. The van der Waals surface area contributed by atoms with Crippen LogP contribution in [-0.4, -0.2) is 37.4 Å². The molecule has 0 aliphatic carbocycles. The van der Waals surface area contributed by atoms with E-state index in [9.17, 15) is 9.59 Å². The van der Waals surface area contributed by atoms with Gasteiger partial charge in [-0.15, -0.1) is 0 Å². The van der Waals surface area contributed by atoms with Crippen molar-refractivity contribution in [2.75, 3.05) is 14.2 Å². The zero-order valence-electron chi connectivity index (χ0n) is 7.33. The zero-order valence-corrected chi connectivity index (χ0v) is 7.33. The second kappa shape index (κ2) is 7.80. The molecule has 72 valence electrons. The molecule has 12 heavy (non-hydrogen) atoms. The van der Waals surface area contributed by atoms with Gasteiger partial charge in [0.15, 0.2) is 0 Å². The predicted molar refractivity (Wildman–Crippen MR) is 42.7 cm³/mol. The molecule has 0 aromatic carbocycles. The Labute approximate surface area is 70.7 Å². The average molecular weight is 178 g/mol. The molecule has 1 atom stereocenters. The number of aliphatic carboxylic acids is 1. The highest BCUT2D eigenvalue weighted by atomic mass is 16.5. The third-order valence-corrected chi connectivity index (χ3v) is 1.00. The van der Waals surface area contributed by atoms with Crippen LogP contribution in [-0.2, 0) is 9.53 Å². The Hall–Kier alpha value is -1.30. The van der Waals surface area contributed by atoms with E-state index in [0.717, 1.165) is 0 Å². The molecule has 0 saturated heterocycles. The second-order valence-electron chi connectivity index (χ2n) is 1.87. The van der Waals surface area contributed by atoms with E-state index in [-0.39, 0.29) is 0 Å². The fourth-order valence-electron chi connectivity index (χ4n) is 0.123. The summed E-state index contributed by atoms with van der Waals surface area (Å²) in [4.78, 5) is 19.2. The van der Waals surface area contributed by atoms with Gasteiger partial charge in [-0.3, -0.25) is 4.79 Å². The molecule has 1 amide bonds. The molecule has 0 rings (SSSR count). The number of carboxylic acids is 1. The average Bonchev–Trinajstić information content (AvgIpc) is 2.04. The molecule has 4 N–H and O–H groups in total. The van der Waals surface area contributed by atoms with Crippen molar-refractivity contribution in [1.82, 2.24) is 5.32 Å². The van der Waals surface area contributed by atoms with Gasteiger partial charge in [0.25, 0.3) is 0 Å². The van der Waals surface area contributed by atoms with Crippen molar-refractivity contribution in [2.24, 2.45) is 5.73 Å². The van der Waals surface area contributed by atoms with Gasteiger partial charge in [-0.05, 0) is 14.0 Å². The third kappa shape index (κ3) is 11.5. The van der Waals surface area contributed by atoms with Gasteiger partial charge >= 0.3 is 12.1 Å². The Bertz CT molecular complexity index is 148. The molecular formula is C6H14N2O4. The monoisotopic (exact) mass is 178 g/mol. The molecule has 0 aromatic rings. The second-order valence-corrected chi connectivity index (χ2v) is 1.87. The van der Waals surface area contributed by atoms with Crippen LogP contribution in [0.2, 0.25) is 0 Å². The number of hydrogen-bond acceptors (Lipinski definition) is 4. The van der Waals surface area contributed by atoms with Crippen LogP contribution in [0.5, 0.6) is 0 Å². The van der Waals surface area contributed by atoms with E-state index in [2.05, 4.69) is 15.8 Å². The first-order chi connectivity index (χ1) is 5.45. The normalized spacial score (nSPS) is 10.6. The highest BCUT2D eigenvalue weighted by Gasteiger charge is 2.04. The first-order valence-electron chi connectivity index (χ1n) is 3.19. The number of nitrogens with two attached hydrogens (primary N) is 1. The highest BCUT2D eigenvalue weighted by Crippen LogP contribution is 1.74. The number of methoxy groups -OCH3 is 1.